The number of rotatable bonds is 4. The average molecular weight is 375 g/mol. The Bertz CT molecular complexity index is 1050. The van der Waals surface area contributed by atoms with Crippen LogP contribution in [0.25, 0.3) is 17.3 Å². The highest BCUT2D eigenvalue weighted by Gasteiger charge is 2.37. The molecule has 4 aromatic rings. The Morgan fingerprint density at radius 2 is 1.85 bits per heavy atom. The summed E-state index contributed by atoms with van der Waals surface area (Å²) in [5.41, 5.74) is 0.924. The standard InChI is InChI=1S/C16H12F3N7O/c1-27-11-4-2-10(3-5-11)8-25-13(23-14(24-25)16(17,18)19)12-9-26-15(22-12)20-6-7-21-26/h2-7,9H,8H2,1H3. The Labute approximate surface area is 150 Å². The maximum Gasteiger partial charge on any atom is 0.453 e. The molecule has 0 aliphatic carbocycles. The Balaban J connectivity index is 1.78. The molecule has 0 N–H and O–H groups in total. The van der Waals surface area contributed by atoms with Gasteiger partial charge in [-0.05, 0) is 17.7 Å². The molecule has 4 rings (SSSR count). The molecule has 8 nitrogen and oxygen atoms in total. The quantitative estimate of drug-likeness (QED) is 0.545. The molecule has 3 aromatic heterocycles. The van der Waals surface area contributed by atoms with E-state index in [1.807, 2.05) is 0 Å². The average Bonchev–Trinajstić information content (AvgIpc) is 3.25. The zero-order valence-electron chi connectivity index (χ0n) is 13.9. The summed E-state index contributed by atoms with van der Waals surface area (Å²) in [5, 5.41) is 7.64. The number of imidazole rings is 1. The summed E-state index contributed by atoms with van der Waals surface area (Å²) in [6.07, 6.45) is -0.330. The maximum atomic E-state index is 13.1. The van der Waals surface area contributed by atoms with Crippen molar-refractivity contribution in [2.24, 2.45) is 0 Å². The van der Waals surface area contributed by atoms with Crippen molar-refractivity contribution in [2.75, 3.05) is 7.11 Å². The van der Waals surface area contributed by atoms with Crippen LogP contribution in [0.1, 0.15) is 11.4 Å². The number of halogens is 3. The summed E-state index contributed by atoms with van der Waals surface area (Å²) in [4.78, 5) is 11.8. The number of aromatic nitrogens is 7. The molecule has 0 saturated carbocycles. The summed E-state index contributed by atoms with van der Waals surface area (Å²) in [5.74, 6) is -0.361. The number of hydrogen-bond donors (Lipinski definition) is 0. The van der Waals surface area contributed by atoms with Crippen LogP contribution in [-0.2, 0) is 12.7 Å². The van der Waals surface area contributed by atoms with Gasteiger partial charge >= 0.3 is 6.18 Å². The van der Waals surface area contributed by atoms with E-state index >= 15 is 0 Å². The number of benzene rings is 1. The Hall–Kier alpha value is -3.50. The lowest BCUT2D eigenvalue weighted by molar-refractivity contribution is -0.144. The zero-order chi connectivity index (χ0) is 19.0. The molecule has 0 aliphatic rings. The second-order valence-corrected chi connectivity index (χ2v) is 5.58. The smallest absolute Gasteiger partial charge is 0.453 e. The third kappa shape index (κ3) is 3.30. The molecular formula is C16H12F3N7O. The van der Waals surface area contributed by atoms with E-state index in [0.29, 0.717) is 5.75 Å². The molecule has 27 heavy (non-hydrogen) atoms. The molecule has 0 atom stereocenters. The number of fused-ring (bicyclic) bond motifs is 1. The van der Waals surface area contributed by atoms with E-state index in [9.17, 15) is 13.2 Å². The molecule has 0 radical (unpaired) electrons. The molecule has 1 aromatic carbocycles. The van der Waals surface area contributed by atoms with Gasteiger partial charge < -0.3 is 4.74 Å². The SMILES string of the molecule is COc1ccc(Cn2nc(C(F)(F)F)nc2-c2cn3nccnc3n2)cc1. The van der Waals surface area contributed by atoms with Crippen LogP contribution < -0.4 is 4.74 Å². The summed E-state index contributed by atoms with van der Waals surface area (Å²) in [6, 6.07) is 6.92. The van der Waals surface area contributed by atoms with Gasteiger partial charge in [0, 0.05) is 0 Å². The first-order chi connectivity index (χ1) is 12.9. The highest BCUT2D eigenvalue weighted by molar-refractivity contribution is 5.53. The van der Waals surface area contributed by atoms with Crippen LogP contribution >= 0.6 is 0 Å². The highest BCUT2D eigenvalue weighted by atomic mass is 19.4. The van der Waals surface area contributed by atoms with Gasteiger partial charge in [-0.2, -0.15) is 18.3 Å². The van der Waals surface area contributed by atoms with Crippen LogP contribution in [0.2, 0.25) is 0 Å². The van der Waals surface area contributed by atoms with Crippen LogP contribution in [-0.4, -0.2) is 41.5 Å². The molecule has 3 heterocycles. The first-order valence-corrected chi connectivity index (χ1v) is 7.76. The first-order valence-electron chi connectivity index (χ1n) is 7.76. The van der Waals surface area contributed by atoms with Crippen molar-refractivity contribution >= 4 is 5.78 Å². The molecule has 0 saturated heterocycles. The van der Waals surface area contributed by atoms with Crippen molar-refractivity contribution in [3.63, 3.8) is 0 Å². The number of nitrogens with zero attached hydrogens (tertiary/aromatic N) is 7. The number of methoxy groups -OCH3 is 1. The molecule has 0 amide bonds. The minimum absolute atomic E-state index is 0.0227. The van der Waals surface area contributed by atoms with Gasteiger partial charge in [0.05, 0.1) is 32.2 Å². The van der Waals surface area contributed by atoms with Crippen molar-refractivity contribution in [1.29, 1.82) is 0 Å². The second kappa shape index (κ2) is 6.34. The summed E-state index contributed by atoms with van der Waals surface area (Å²) in [6.45, 7) is 0.0805. The molecule has 11 heteroatoms. The van der Waals surface area contributed by atoms with E-state index in [2.05, 4.69) is 25.1 Å². The van der Waals surface area contributed by atoms with Crippen LogP contribution in [0.5, 0.6) is 5.75 Å². The van der Waals surface area contributed by atoms with Crippen LogP contribution in [0.3, 0.4) is 0 Å². The van der Waals surface area contributed by atoms with Gasteiger partial charge in [0.1, 0.15) is 11.4 Å². The number of ether oxygens (including phenoxy) is 1. The van der Waals surface area contributed by atoms with Gasteiger partial charge in [-0.1, -0.05) is 12.1 Å². The third-order valence-corrected chi connectivity index (χ3v) is 3.76. The van der Waals surface area contributed by atoms with Gasteiger partial charge in [-0.25, -0.2) is 24.1 Å². The van der Waals surface area contributed by atoms with Gasteiger partial charge in [0.15, 0.2) is 5.82 Å². The Morgan fingerprint density at radius 3 is 2.52 bits per heavy atom. The molecular weight excluding hydrogens is 363 g/mol. The molecule has 0 bridgehead atoms. The van der Waals surface area contributed by atoms with Crippen molar-refractivity contribution < 1.29 is 17.9 Å². The minimum Gasteiger partial charge on any atom is -0.497 e. The molecule has 0 spiro atoms. The van der Waals surface area contributed by atoms with E-state index in [-0.39, 0.29) is 23.8 Å². The topological polar surface area (TPSA) is 83.0 Å². The normalized spacial score (nSPS) is 11.9. The van der Waals surface area contributed by atoms with Crippen molar-refractivity contribution in [3.8, 4) is 17.3 Å². The number of alkyl halides is 3. The molecule has 0 aliphatic heterocycles. The molecule has 0 fully saturated rings. The summed E-state index contributed by atoms with van der Waals surface area (Å²) >= 11 is 0. The Morgan fingerprint density at radius 1 is 1.07 bits per heavy atom. The third-order valence-electron chi connectivity index (χ3n) is 3.76. The van der Waals surface area contributed by atoms with Gasteiger partial charge in [0.25, 0.3) is 11.6 Å². The Kier molecular flexibility index (Phi) is 3.98. The van der Waals surface area contributed by atoms with Crippen LogP contribution in [0, 0.1) is 0 Å². The fourth-order valence-corrected chi connectivity index (χ4v) is 2.51. The van der Waals surface area contributed by atoms with E-state index in [1.165, 1.54) is 30.2 Å². The van der Waals surface area contributed by atoms with E-state index in [1.54, 1.807) is 24.3 Å². The lowest BCUT2D eigenvalue weighted by Gasteiger charge is -2.06. The van der Waals surface area contributed by atoms with Crippen molar-refractivity contribution in [3.05, 3.63) is 54.2 Å². The van der Waals surface area contributed by atoms with E-state index in [0.717, 1.165) is 10.2 Å². The molecule has 0 unspecified atom stereocenters. The monoisotopic (exact) mass is 375 g/mol. The zero-order valence-corrected chi connectivity index (χ0v) is 13.9. The maximum absolute atomic E-state index is 13.1. The lowest BCUT2D eigenvalue weighted by atomic mass is 10.2. The summed E-state index contributed by atoms with van der Waals surface area (Å²) in [7, 11) is 1.53. The van der Waals surface area contributed by atoms with E-state index in [4.69, 9.17) is 4.74 Å². The fraction of sp³-hybridized carbons (Fsp3) is 0.188. The van der Waals surface area contributed by atoms with Gasteiger partial charge in [0.2, 0.25) is 0 Å². The van der Waals surface area contributed by atoms with Gasteiger partial charge in [-0.3, -0.25) is 0 Å². The highest BCUT2D eigenvalue weighted by Crippen LogP contribution is 2.29. The first kappa shape index (κ1) is 16.9. The lowest BCUT2D eigenvalue weighted by Crippen LogP contribution is -2.09. The van der Waals surface area contributed by atoms with Crippen LogP contribution in [0.4, 0.5) is 13.2 Å². The van der Waals surface area contributed by atoms with E-state index < -0.39 is 12.0 Å². The van der Waals surface area contributed by atoms with Crippen molar-refractivity contribution in [2.45, 2.75) is 12.7 Å². The minimum atomic E-state index is -4.67. The predicted octanol–water partition coefficient (Wildman–Crippen LogP) is 2.46. The van der Waals surface area contributed by atoms with Crippen molar-refractivity contribution in [1.82, 2.24) is 34.3 Å². The molecule has 138 valence electrons. The predicted molar refractivity (Wildman–Crippen MR) is 86.9 cm³/mol. The van der Waals surface area contributed by atoms with Gasteiger partial charge in [-0.15, -0.1) is 5.10 Å². The second-order valence-electron chi connectivity index (χ2n) is 5.58. The van der Waals surface area contributed by atoms with Crippen LogP contribution in [0.15, 0.2) is 42.9 Å². The fourth-order valence-electron chi connectivity index (χ4n) is 2.51. The largest absolute Gasteiger partial charge is 0.497 e. The number of hydrogen-bond acceptors (Lipinski definition) is 6. The summed E-state index contributed by atoms with van der Waals surface area (Å²) < 4.78 is 47.0.